The fraction of sp³-hybridized carbons (Fsp3) is 0.906. The lowest BCUT2D eigenvalue weighted by atomic mass is 9.70. The number of methoxy groups -OCH3 is 1. The number of ketones is 1. The van der Waals surface area contributed by atoms with Crippen LogP contribution >= 0.6 is 0 Å². The fourth-order valence-electron chi connectivity index (χ4n) is 7.39. The number of cyclic esters (lactones) is 1. The van der Waals surface area contributed by atoms with Crippen molar-refractivity contribution in [3.63, 3.8) is 0 Å². The molecule has 13 atom stereocenters. The van der Waals surface area contributed by atoms with Crippen LogP contribution in [0.2, 0.25) is 0 Å². The molecule has 2 aliphatic rings. The molecule has 0 radical (unpaired) electrons. The van der Waals surface area contributed by atoms with Crippen molar-refractivity contribution >= 4 is 18.0 Å². The van der Waals surface area contributed by atoms with Crippen LogP contribution < -0.4 is 0 Å². The smallest absolute Gasteiger partial charge is 0.316 e. The highest BCUT2D eigenvalue weighted by molar-refractivity contribution is 6.00. The van der Waals surface area contributed by atoms with Crippen molar-refractivity contribution in [3.05, 3.63) is 0 Å². The number of nitrogens with zero attached hydrogens (tertiary/aromatic N) is 1. The standard InChI is InChI=1S/C32H57NO9/c1-12-25-32(8,38)23(13-14-34)19(3)15-18(2)17-31(7,39-11)28(21(5)26(35)22(6)29(37)41-25)42-30-27(36)24(33(9)10)16-20(4)40-30/h14,18-25,27-28,30,36,38H,12-13,15-17H2,1-11H3/t18-,19?,20+,21-,22?,23+,24-,25+,27+,28+,30-,31+,32-/m0/s1. The van der Waals surface area contributed by atoms with Gasteiger partial charge in [-0.15, -0.1) is 0 Å². The Labute approximate surface area is 252 Å². The van der Waals surface area contributed by atoms with Gasteiger partial charge in [-0.05, 0) is 79.3 Å². The zero-order valence-electron chi connectivity index (χ0n) is 27.7. The number of aliphatic hydroxyl groups excluding tert-OH is 1. The van der Waals surface area contributed by atoms with Crippen LogP contribution in [0.4, 0.5) is 0 Å². The Morgan fingerprint density at radius 2 is 1.71 bits per heavy atom. The molecular weight excluding hydrogens is 542 g/mol. The summed E-state index contributed by atoms with van der Waals surface area (Å²) in [5.74, 6) is -3.64. The molecule has 0 bridgehead atoms. The van der Waals surface area contributed by atoms with Gasteiger partial charge in [0.05, 0.1) is 17.8 Å². The number of Topliss-reactive ketones (excluding diaryl/α,β-unsaturated/α-hetero) is 1. The van der Waals surface area contributed by atoms with Crippen molar-refractivity contribution in [2.75, 3.05) is 21.2 Å². The quantitative estimate of drug-likeness (QED) is 0.255. The number of aldehydes is 1. The molecule has 2 heterocycles. The van der Waals surface area contributed by atoms with Crippen LogP contribution in [0.3, 0.4) is 0 Å². The van der Waals surface area contributed by atoms with Gasteiger partial charge in [-0.2, -0.15) is 0 Å². The molecule has 0 aliphatic carbocycles. The summed E-state index contributed by atoms with van der Waals surface area (Å²) in [6, 6.07) is -0.209. The maximum Gasteiger partial charge on any atom is 0.316 e. The molecule has 0 aromatic heterocycles. The van der Waals surface area contributed by atoms with Crippen LogP contribution in [0.25, 0.3) is 0 Å². The number of aliphatic hydroxyl groups is 2. The second kappa shape index (κ2) is 15.0. The molecular formula is C32H57NO9. The van der Waals surface area contributed by atoms with Gasteiger partial charge in [0.2, 0.25) is 0 Å². The first-order valence-corrected chi connectivity index (χ1v) is 15.6. The van der Waals surface area contributed by atoms with Crippen molar-refractivity contribution in [1.29, 1.82) is 0 Å². The van der Waals surface area contributed by atoms with Crippen LogP contribution in [0.5, 0.6) is 0 Å². The SMILES string of the molecule is CC[C@H]1OC(=O)C(C)C(=O)[C@H](C)[C@@H](O[C@@H]2O[C@H](C)C[C@H](N(C)C)[C@H]2O)[C@](C)(OC)C[C@@H](C)CC(C)[C@@H](CC=O)[C@]1(C)O. The Balaban J connectivity index is 2.59. The van der Waals surface area contributed by atoms with E-state index in [1.54, 1.807) is 27.9 Å². The Kier molecular flexibility index (Phi) is 13.2. The average molecular weight is 600 g/mol. The van der Waals surface area contributed by atoms with E-state index in [1.807, 2.05) is 39.8 Å². The Morgan fingerprint density at radius 3 is 2.24 bits per heavy atom. The summed E-state index contributed by atoms with van der Waals surface area (Å²) in [7, 11) is 5.36. The maximum atomic E-state index is 13.9. The minimum absolute atomic E-state index is 0.0388. The summed E-state index contributed by atoms with van der Waals surface area (Å²) >= 11 is 0. The van der Waals surface area contributed by atoms with Gasteiger partial charge in [0.25, 0.3) is 0 Å². The van der Waals surface area contributed by atoms with Crippen molar-refractivity contribution in [2.45, 2.75) is 135 Å². The zero-order valence-corrected chi connectivity index (χ0v) is 27.7. The second-order valence-electron chi connectivity index (χ2n) is 13.6. The van der Waals surface area contributed by atoms with Crippen molar-refractivity contribution < 1.29 is 43.5 Å². The Morgan fingerprint density at radius 1 is 1.10 bits per heavy atom. The van der Waals surface area contributed by atoms with Gasteiger partial charge < -0.3 is 38.9 Å². The molecule has 2 saturated heterocycles. The highest BCUT2D eigenvalue weighted by Gasteiger charge is 2.50. The largest absolute Gasteiger partial charge is 0.459 e. The topological polar surface area (TPSA) is 132 Å². The van der Waals surface area contributed by atoms with Crippen LogP contribution in [0.1, 0.15) is 87.5 Å². The number of hydrogen-bond acceptors (Lipinski definition) is 10. The Bertz CT molecular complexity index is 910. The first kappa shape index (κ1) is 36.8. The van der Waals surface area contributed by atoms with Gasteiger partial charge in [-0.3, -0.25) is 9.59 Å². The lowest BCUT2D eigenvalue weighted by molar-refractivity contribution is -0.295. The van der Waals surface area contributed by atoms with E-state index in [0.717, 1.165) is 6.29 Å². The fourth-order valence-corrected chi connectivity index (χ4v) is 7.39. The van der Waals surface area contributed by atoms with E-state index < -0.39 is 65.3 Å². The lowest BCUT2D eigenvalue weighted by Gasteiger charge is -2.47. The number of hydrogen-bond donors (Lipinski definition) is 2. The summed E-state index contributed by atoms with van der Waals surface area (Å²) in [6.07, 6.45) is -0.953. The van der Waals surface area contributed by atoms with E-state index in [4.69, 9.17) is 18.9 Å². The molecule has 10 heteroatoms. The van der Waals surface area contributed by atoms with E-state index in [1.165, 1.54) is 6.92 Å². The number of rotatable bonds is 7. The third-order valence-corrected chi connectivity index (χ3v) is 9.91. The molecule has 2 N–H and O–H groups in total. The zero-order chi connectivity index (χ0) is 32.2. The molecule has 42 heavy (non-hydrogen) atoms. The normalized spacial score (nSPS) is 44.9. The van der Waals surface area contributed by atoms with Gasteiger partial charge in [0.1, 0.15) is 30.0 Å². The molecule has 0 amide bonds. The van der Waals surface area contributed by atoms with Gasteiger partial charge in [-0.25, -0.2) is 0 Å². The van der Waals surface area contributed by atoms with Crippen molar-refractivity contribution in [3.8, 4) is 0 Å². The van der Waals surface area contributed by atoms with E-state index in [-0.39, 0.29) is 30.4 Å². The van der Waals surface area contributed by atoms with E-state index in [0.29, 0.717) is 25.7 Å². The highest BCUT2D eigenvalue weighted by atomic mass is 16.7. The average Bonchev–Trinajstić information content (AvgIpc) is 2.92. The molecule has 2 rings (SSSR count). The predicted octanol–water partition coefficient (Wildman–Crippen LogP) is 3.39. The molecule has 10 nitrogen and oxygen atoms in total. The van der Waals surface area contributed by atoms with Gasteiger partial charge in [-0.1, -0.05) is 27.7 Å². The molecule has 2 unspecified atom stereocenters. The summed E-state index contributed by atoms with van der Waals surface area (Å²) < 4.78 is 24.6. The third-order valence-electron chi connectivity index (χ3n) is 9.91. The summed E-state index contributed by atoms with van der Waals surface area (Å²) in [4.78, 5) is 40.9. The first-order valence-electron chi connectivity index (χ1n) is 15.6. The molecule has 244 valence electrons. The molecule has 2 aliphatic heterocycles. The third kappa shape index (κ3) is 8.18. The monoisotopic (exact) mass is 599 g/mol. The number of carbonyl (C=O) groups excluding carboxylic acids is 3. The van der Waals surface area contributed by atoms with Crippen LogP contribution in [0, 0.1) is 29.6 Å². The molecule has 0 saturated carbocycles. The number of ether oxygens (including phenoxy) is 4. The predicted molar refractivity (Wildman–Crippen MR) is 159 cm³/mol. The lowest BCUT2D eigenvalue weighted by Crippen LogP contribution is -2.59. The van der Waals surface area contributed by atoms with Crippen LogP contribution in [-0.4, -0.2) is 102 Å². The minimum Gasteiger partial charge on any atom is -0.459 e. The van der Waals surface area contributed by atoms with E-state index in [9.17, 15) is 24.6 Å². The Hall–Kier alpha value is -1.43. The number of esters is 1. The van der Waals surface area contributed by atoms with Crippen LogP contribution in [0.15, 0.2) is 0 Å². The molecule has 0 aromatic carbocycles. The van der Waals surface area contributed by atoms with Gasteiger partial charge in [0, 0.05) is 31.4 Å². The van der Waals surface area contributed by atoms with E-state index >= 15 is 0 Å². The maximum absolute atomic E-state index is 13.9. The van der Waals surface area contributed by atoms with Crippen LogP contribution in [-0.2, 0) is 33.3 Å². The van der Waals surface area contributed by atoms with Crippen molar-refractivity contribution in [1.82, 2.24) is 4.90 Å². The minimum atomic E-state index is -1.48. The van der Waals surface area contributed by atoms with Gasteiger partial charge >= 0.3 is 5.97 Å². The molecule has 2 fully saturated rings. The summed E-state index contributed by atoms with van der Waals surface area (Å²) in [5, 5.41) is 22.9. The van der Waals surface area contributed by atoms with Gasteiger partial charge in [0.15, 0.2) is 12.1 Å². The molecule has 0 aromatic rings. The van der Waals surface area contributed by atoms with E-state index in [2.05, 4.69) is 6.92 Å². The highest BCUT2D eigenvalue weighted by Crippen LogP contribution is 2.41. The summed E-state index contributed by atoms with van der Waals surface area (Å²) in [6.45, 7) is 14.5. The second-order valence-corrected chi connectivity index (χ2v) is 13.6. The first-order chi connectivity index (χ1) is 19.4. The number of likely N-dealkylation sites (N-methyl/N-ethyl adjacent to an activating group) is 1. The number of carbonyl (C=O) groups is 3. The summed E-state index contributed by atoms with van der Waals surface area (Å²) in [5.41, 5.74) is -2.48. The molecule has 0 spiro atoms. The van der Waals surface area contributed by atoms with Crippen molar-refractivity contribution in [2.24, 2.45) is 29.6 Å².